The first-order valence-electron chi connectivity index (χ1n) is 9.54. The van der Waals surface area contributed by atoms with Crippen LogP contribution < -0.4 is 0 Å². The monoisotopic (exact) mass is 282 g/mol. The molecular weight excluding hydrogens is 244 g/mol. The van der Waals surface area contributed by atoms with Crippen LogP contribution in [0.1, 0.15) is 110 Å². The molecule has 0 N–H and O–H groups in total. The Balaban J connectivity index is 1.75. The van der Waals surface area contributed by atoms with Crippen molar-refractivity contribution in [1.82, 2.24) is 0 Å². The Hall–Kier alpha value is -0.0400. The number of unbranched alkanes of at least 4 members (excludes halogenated alkanes) is 11. The molecule has 0 amide bonds. The minimum absolute atomic E-state index is 0.640. The second-order valence-electron chi connectivity index (χ2n) is 6.68. The number of ether oxygens (including phenoxy) is 1. The molecule has 0 saturated carbocycles. The third-order valence-electron chi connectivity index (χ3n) is 4.62. The van der Waals surface area contributed by atoms with Crippen LogP contribution in [0.25, 0.3) is 0 Å². The Bertz CT molecular complexity index is 202. The molecule has 1 aliphatic heterocycles. The molecule has 2 unspecified atom stereocenters. The molecule has 0 aromatic rings. The zero-order chi connectivity index (χ0) is 14.5. The van der Waals surface area contributed by atoms with Crippen molar-refractivity contribution < 1.29 is 4.74 Å². The topological polar surface area (TPSA) is 12.5 Å². The molecule has 20 heavy (non-hydrogen) atoms. The Labute approximate surface area is 127 Å². The van der Waals surface area contributed by atoms with Crippen LogP contribution in [0.5, 0.6) is 0 Å². The largest absolute Gasteiger partial charge is 0.370 e. The van der Waals surface area contributed by atoms with E-state index in [-0.39, 0.29) is 0 Å². The van der Waals surface area contributed by atoms with Crippen molar-refractivity contribution in [3.05, 3.63) is 0 Å². The van der Waals surface area contributed by atoms with Gasteiger partial charge in [-0.15, -0.1) is 0 Å². The molecule has 0 bridgehead atoms. The van der Waals surface area contributed by atoms with Gasteiger partial charge in [0.2, 0.25) is 0 Å². The molecule has 0 aromatic carbocycles. The number of rotatable bonds is 15. The summed E-state index contributed by atoms with van der Waals surface area (Å²) >= 11 is 0. The summed E-state index contributed by atoms with van der Waals surface area (Å²) in [4.78, 5) is 0. The van der Waals surface area contributed by atoms with Gasteiger partial charge in [0.15, 0.2) is 0 Å². The lowest BCUT2D eigenvalue weighted by molar-refractivity contribution is 0.347. The highest BCUT2D eigenvalue weighted by Gasteiger charge is 2.36. The second-order valence-corrected chi connectivity index (χ2v) is 6.68. The maximum Gasteiger partial charge on any atom is 0.0841 e. The summed E-state index contributed by atoms with van der Waals surface area (Å²) in [6.45, 7) is 4.57. The number of epoxide rings is 1. The second kappa shape index (κ2) is 12.7. The van der Waals surface area contributed by atoms with E-state index in [9.17, 15) is 0 Å². The van der Waals surface area contributed by atoms with Crippen LogP contribution in [0.15, 0.2) is 0 Å². The van der Waals surface area contributed by atoms with E-state index < -0.39 is 0 Å². The van der Waals surface area contributed by atoms with Crippen LogP contribution in [-0.2, 0) is 4.74 Å². The summed E-state index contributed by atoms with van der Waals surface area (Å²) in [5.74, 6) is 0. The van der Waals surface area contributed by atoms with Gasteiger partial charge in [0.25, 0.3) is 0 Å². The fourth-order valence-electron chi connectivity index (χ4n) is 3.12. The standard InChI is InChI=1S/C19H38O/c1-3-5-7-9-11-13-15-17-19-18(20-19)16-14-12-10-8-6-4-2/h18-19H,3-17H2,1-2H3. The fourth-order valence-corrected chi connectivity index (χ4v) is 3.12. The number of hydrogen-bond donors (Lipinski definition) is 0. The minimum atomic E-state index is 0.640. The Morgan fingerprint density at radius 3 is 1.25 bits per heavy atom. The molecule has 1 rings (SSSR count). The molecule has 0 spiro atoms. The van der Waals surface area contributed by atoms with Gasteiger partial charge < -0.3 is 4.74 Å². The average molecular weight is 283 g/mol. The normalized spacial score (nSPS) is 21.3. The Kier molecular flexibility index (Phi) is 11.4. The van der Waals surface area contributed by atoms with Gasteiger partial charge in [-0.05, 0) is 12.8 Å². The summed E-state index contributed by atoms with van der Waals surface area (Å²) in [6.07, 6.45) is 22.3. The smallest absolute Gasteiger partial charge is 0.0841 e. The number of hydrogen-bond acceptors (Lipinski definition) is 1. The first-order valence-corrected chi connectivity index (χ1v) is 9.54. The van der Waals surface area contributed by atoms with E-state index in [4.69, 9.17) is 4.74 Å². The van der Waals surface area contributed by atoms with Crippen LogP contribution in [-0.4, -0.2) is 12.2 Å². The SMILES string of the molecule is CCCCCCCCCC1OC1CCCCCCCC. The molecule has 120 valence electrons. The quantitative estimate of drug-likeness (QED) is 0.242. The lowest BCUT2D eigenvalue weighted by Gasteiger charge is -2.00. The van der Waals surface area contributed by atoms with Crippen LogP contribution >= 0.6 is 0 Å². The van der Waals surface area contributed by atoms with Gasteiger partial charge in [0, 0.05) is 0 Å². The molecule has 0 aliphatic carbocycles. The van der Waals surface area contributed by atoms with E-state index in [1.54, 1.807) is 0 Å². The predicted molar refractivity (Wildman–Crippen MR) is 89.3 cm³/mol. The van der Waals surface area contributed by atoms with E-state index in [2.05, 4.69) is 13.8 Å². The van der Waals surface area contributed by atoms with Gasteiger partial charge in [-0.3, -0.25) is 0 Å². The van der Waals surface area contributed by atoms with Crippen molar-refractivity contribution >= 4 is 0 Å². The molecular formula is C19H38O. The zero-order valence-electron chi connectivity index (χ0n) is 14.2. The van der Waals surface area contributed by atoms with Crippen molar-refractivity contribution in [1.29, 1.82) is 0 Å². The highest BCUT2D eigenvalue weighted by molar-refractivity contribution is 4.84. The average Bonchev–Trinajstić information content (AvgIpc) is 3.20. The van der Waals surface area contributed by atoms with Gasteiger partial charge >= 0.3 is 0 Å². The van der Waals surface area contributed by atoms with Crippen LogP contribution in [0.3, 0.4) is 0 Å². The fraction of sp³-hybridized carbons (Fsp3) is 1.00. The van der Waals surface area contributed by atoms with Crippen LogP contribution in [0.2, 0.25) is 0 Å². The molecule has 2 atom stereocenters. The molecule has 0 aromatic heterocycles. The van der Waals surface area contributed by atoms with Crippen molar-refractivity contribution in [2.75, 3.05) is 0 Å². The van der Waals surface area contributed by atoms with E-state index in [1.165, 1.54) is 96.3 Å². The lowest BCUT2D eigenvalue weighted by Crippen LogP contribution is -1.94. The summed E-state index contributed by atoms with van der Waals surface area (Å²) in [7, 11) is 0. The maximum atomic E-state index is 5.79. The molecule has 1 heteroatoms. The molecule has 1 saturated heterocycles. The Morgan fingerprint density at radius 2 is 0.850 bits per heavy atom. The third-order valence-corrected chi connectivity index (χ3v) is 4.62. The van der Waals surface area contributed by atoms with Crippen LogP contribution in [0, 0.1) is 0 Å². The maximum absolute atomic E-state index is 5.79. The summed E-state index contributed by atoms with van der Waals surface area (Å²) in [5.41, 5.74) is 0. The molecule has 0 radical (unpaired) electrons. The van der Waals surface area contributed by atoms with Crippen LogP contribution in [0.4, 0.5) is 0 Å². The van der Waals surface area contributed by atoms with Crippen molar-refractivity contribution in [3.8, 4) is 0 Å². The van der Waals surface area contributed by atoms with Gasteiger partial charge in [0.1, 0.15) is 0 Å². The third kappa shape index (κ3) is 9.80. The van der Waals surface area contributed by atoms with Gasteiger partial charge in [0.05, 0.1) is 12.2 Å². The zero-order valence-corrected chi connectivity index (χ0v) is 14.2. The van der Waals surface area contributed by atoms with Gasteiger partial charge in [-0.1, -0.05) is 97.3 Å². The molecule has 1 heterocycles. The lowest BCUT2D eigenvalue weighted by atomic mass is 10.0. The molecule has 1 fully saturated rings. The highest BCUT2D eigenvalue weighted by Crippen LogP contribution is 2.31. The van der Waals surface area contributed by atoms with Crippen molar-refractivity contribution in [2.24, 2.45) is 0 Å². The van der Waals surface area contributed by atoms with Gasteiger partial charge in [-0.25, -0.2) is 0 Å². The first kappa shape index (κ1) is 18.0. The summed E-state index contributed by atoms with van der Waals surface area (Å²) < 4.78 is 5.79. The minimum Gasteiger partial charge on any atom is -0.370 e. The summed E-state index contributed by atoms with van der Waals surface area (Å²) in [6, 6.07) is 0. The first-order chi connectivity index (χ1) is 9.88. The van der Waals surface area contributed by atoms with Gasteiger partial charge in [-0.2, -0.15) is 0 Å². The molecule has 1 nitrogen and oxygen atoms in total. The highest BCUT2D eigenvalue weighted by atomic mass is 16.6. The van der Waals surface area contributed by atoms with E-state index >= 15 is 0 Å². The predicted octanol–water partition coefficient (Wildman–Crippen LogP) is 6.65. The van der Waals surface area contributed by atoms with Crippen molar-refractivity contribution in [2.45, 2.75) is 122 Å². The summed E-state index contributed by atoms with van der Waals surface area (Å²) in [5, 5.41) is 0. The Morgan fingerprint density at radius 1 is 0.500 bits per heavy atom. The van der Waals surface area contributed by atoms with E-state index in [0.717, 1.165) is 0 Å². The molecule has 1 aliphatic rings. The van der Waals surface area contributed by atoms with Crippen molar-refractivity contribution in [3.63, 3.8) is 0 Å². The van der Waals surface area contributed by atoms with E-state index in [1.807, 2.05) is 0 Å². The van der Waals surface area contributed by atoms with E-state index in [0.29, 0.717) is 12.2 Å².